The molecule has 12 heavy (non-hydrogen) atoms. The van der Waals surface area contributed by atoms with Crippen LogP contribution in [0, 0.1) is 16.2 Å². The lowest BCUT2D eigenvalue weighted by molar-refractivity contribution is -0.386. The maximum atomic E-state index is 10.4. The van der Waals surface area contributed by atoms with Crippen molar-refractivity contribution in [2.24, 2.45) is 0 Å². The highest BCUT2D eigenvalue weighted by Crippen LogP contribution is 2.16. The van der Waals surface area contributed by atoms with Crippen molar-refractivity contribution in [3.05, 3.63) is 39.9 Å². The highest BCUT2D eigenvalue weighted by Gasteiger charge is 2.11. The first-order valence-electron chi connectivity index (χ1n) is 3.38. The van der Waals surface area contributed by atoms with Gasteiger partial charge in [0.25, 0.3) is 5.69 Å². The first-order valence-corrected chi connectivity index (χ1v) is 3.38. The number of hydrogen-bond acceptors (Lipinski definition) is 3. The van der Waals surface area contributed by atoms with Gasteiger partial charge in [0.05, 0.1) is 23.2 Å². The molecule has 1 aromatic rings. The van der Waals surface area contributed by atoms with E-state index in [2.05, 4.69) is 6.07 Å². The molecule has 0 N–H and O–H groups in total. The molecule has 0 spiro atoms. The van der Waals surface area contributed by atoms with E-state index in [1.807, 2.05) is 0 Å². The molecule has 1 radical (unpaired) electrons. The zero-order valence-electron chi connectivity index (χ0n) is 6.61. The van der Waals surface area contributed by atoms with Crippen molar-refractivity contribution < 1.29 is 9.66 Å². The molecule has 0 aromatic heterocycles. The van der Waals surface area contributed by atoms with E-state index >= 15 is 0 Å². The van der Waals surface area contributed by atoms with Crippen LogP contribution in [0.3, 0.4) is 0 Å². The lowest BCUT2D eigenvalue weighted by Crippen LogP contribution is -1.96. The SMILES string of the molecule is COCc1ccc[c]c1[N+](=O)[O-]. The lowest BCUT2D eigenvalue weighted by Gasteiger charge is -1.99. The number of nitro groups is 1. The molecule has 0 saturated carbocycles. The van der Waals surface area contributed by atoms with Crippen LogP contribution in [0.5, 0.6) is 0 Å². The Morgan fingerprint density at radius 3 is 3.08 bits per heavy atom. The Kier molecular flexibility index (Phi) is 2.76. The molecule has 0 atom stereocenters. The van der Waals surface area contributed by atoms with Crippen molar-refractivity contribution in [1.82, 2.24) is 0 Å². The average Bonchev–Trinajstić information content (AvgIpc) is 2.05. The quantitative estimate of drug-likeness (QED) is 0.505. The van der Waals surface area contributed by atoms with E-state index in [1.165, 1.54) is 13.2 Å². The molecule has 1 rings (SSSR count). The molecule has 0 aliphatic heterocycles. The summed E-state index contributed by atoms with van der Waals surface area (Å²) in [6.07, 6.45) is 0. The summed E-state index contributed by atoms with van der Waals surface area (Å²) >= 11 is 0. The van der Waals surface area contributed by atoms with Crippen molar-refractivity contribution in [2.75, 3.05) is 7.11 Å². The van der Waals surface area contributed by atoms with Crippen molar-refractivity contribution >= 4 is 5.69 Å². The third kappa shape index (κ3) is 1.79. The molecule has 0 amide bonds. The fourth-order valence-corrected chi connectivity index (χ4v) is 0.905. The maximum absolute atomic E-state index is 10.4. The smallest absolute Gasteiger partial charge is 0.282 e. The van der Waals surface area contributed by atoms with Gasteiger partial charge in [-0.1, -0.05) is 6.07 Å². The predicted molar refractivity (Wildman–Crippen MR) is 42.6 cm³/mol. The number of benzene rings is 1. The fraction of sp³-hybridized carbons (Fsp3) is 0.250. The van der Waals surface area contributed by atoms with E-state index < -0.39 is 4.92 Å². The minimum atomic E-state index is -0.464. The highest BCUT2D eigenvalue weighted by molar-refractivity contribution is 5.37. The number of methoxy groups -OCH3 is 1. The van der Waals surface area contributed by atoms with E-state index in [0.717, 1.165) is 0 Å². The van der Waals surface area contributed by atoms with Crippen molar-refractivity contribution in [1.29, 1.82) is 0 Å². The standard InChI is InChI=1S/C8H8NO3/c1-12-6-7-4-2-3-5-8(7)9(10)11/h2-4H,6H2,1H3. The Labute approximate surface area is 69.9 Å². The number of para-hydroxylation sites is 1. The number of rotatable bonds is 3. The molecule has 0 saturated heterocycles. The van der Waals surface area contributed by atoms with Gasteiger partial charge in [0.1, 0.15) is 0 Å². The van der Waals surface area contributed by atoms with Gasteiger partial charge in [-0.2, -0.15) is 0 Å². The van der Waals surface area contributed by atoms with Gasteiger partial charge in [-0.3, -0.25) is 10.1 Å². The van der Waals surface area contributed by atoms with E-state index in [9.17, 15) is 10.1 Å². The van der Waals surface area contributed by atoms with Gasteiger partial charge >= 0.3 is 0 Å². The molecule has 4 nitrogen and oxygen atoms in total. The summed E-state index contributed by atoms with van der Waals surface area (Å²) in [6.45, 7) is 0.244. The molecule has 0 aliphatic rings. The van der Waals surface area contributed by atoms with Crippen LogP contribution in [0.15, 0.2) is 18.2 Å². The second-order valence-electron chi connectivity index (χ2n) is 2.23. The third-order valence-corrected chi connectivity index (χ3v) is 1.40. The van der Waals surface area contributed by atoms with E-state index in [-0.39, 0.29) is 12.3 Å². The monoisotopic (exact) mass is 166 g/mol. The predicted octanol–water partition coefficient (Wildman–Crippen LogP) is 1.54. The van der Waals surface area contributed by atoms with E-state index in [0.29, 0.717) is 5.56 Å². The number of hydrogen-bond donors (Lipinski definition) is 0. The van der Waals surface area contributed by atoms with Crippen LogP contribution in [0.4, 0.5) is 5.69 Å². The summed E-state index contributed by atoms with van der Waals surface area (Å²) in [4.78, 5) is 9.95. The summed E-state index contributed by atoms with van der Waals surface area (Å²) in [7, 11) is 1.50. The van der Waals surface area contributed by atoms with Crippen LogP contribution in [0.2, 0.25) is 0 Å². The third-order valence-electron chi connectivity index (χ3n) is 1.40. The van der Waals surface area contributed by atoms with Crippen LogP contribution >= 0.6 is 0 Å². The Hall–Kier alpha value is -1.42. The van der Waals surface area contributed by atoms with E-state index in [1.54, 1.807) is 12.1 Å². The van der Waals surface area contributed by atoms with Gasteiger partial charge in [-0.15, -0.1) is 0 Å². The summed E-state index contributed by atoms with van der Waals surface area (Å²) in [5.74, 6) is 0. The summed E-state index contributed by atoms with van der Waals surface area (Å²) < 4.78 is 4.79. The number of nitro benzene ring substituents is 1. The zero-order chi connectivity index (χ0) is 8.97. The molecule has 0 aliphatic carbocycles. The highest BCUT2D eigenvalue weighted by atomic mass is 16.6. The molecular weight excluding hydrogens is 158 g/mol. The van der Waals surface area contributed by atoms with Crippen LogP contribution in [-0.4, -0.2) is 12.0 Å². The van der Waals surface area contributed by atoms with Gasteiger partial charge in [0, 0.05) is 7.11 Å². The Bertz CT molecular complexity index is 285. The normalized spacial score (nSPS) is 9.75. The Morgan fingerprint density at radius 1 is 1.75 bits per heavy atom. The largest absolute Gasteiger partial charge is 0.380 e. The van der Waals surface area contributed by atoms with Crippen molar-refractivity contribution in [2.45, 2.75) is 6.61 Å². The Balaban J connectivity index is 3.00. The van der Waals surface area contributed by atoms with Crippen LogP contribution in [0.25, 0.3) is 0 Å². The van der Waals surface area contributed by atoms with Gasteiger partial charge in [-0.05, 0) is 12.1 Å². The first-order chi connectivity index (χ1) is 5.75. The van der Waals surface area contributed by atoms with Gasteiger partial charge in [-0.25, -0.2) is 0 Å². The molecule has 4 heteroatoms. The number of ether oxygens (including phenoxy) is 1. The van der Waals surface area contributed by atoms with Gasteiger partial charge in [0.2, 0.25) is 0 Å². The zero-order valence-corrected chi connectivity index (χ0v) is 6.61. The van der Waals surface area contributed by atoms with Crippen molar-refractivity contribution in [3.63, 3.8) is 0 Å². The van der Waals surface area contributed by atoms with Crippen molar-refractivity contribution in [3.8, 4) is 0 Å². The fourth-order valence-electron chi connectivity index (χ4n) is 0.905. The van der Waals surface area contributed by atoms with Crippen LogP contribution < -0.4 is 0 Å². The second-order valence-corrected chi connectivity index (χ2v) is 2.23. The lowest BCUT2D eigenvalue weighted by atomic mass is 10.2. The molecule has 0 bridgehead atoms. The molecular formula is C8H8NO3. The molecule has 0 heterocycles. The van der Waals surface area contributed by atoms with E-state index in [4.69, 9.17) is 4.74 Å². The Morgan fingerprint density at radius 2 is 2.50 bits per heavy atom. The molecule has 0 fully saturated rings. The second kappa shape index (κ2) is 3.82. The maximum Gasteiger partial charge on any atom is 0.282 e. The summed E-state index contributed by atoms with van der Waals surface area (Å²) in [6, 6.07) is 7.40. The first kappa shape index (κ1) is 8.67. The molecule has 63 valence electrons. The minimum absolute atomic E-state index is 0.0145. The van der Waals surface area contributed by atoms with Gasteiger partial charge in [0.15, 0.2) is 0 Å². The van der Waals surface area contributed by atoms with Crippen LogP contribution in [-0.2, 0) is 11.3 Å². The summed E-state index contributed by atoms with van der Waals surface area (Å²) in [5.41, 5.74) is 0.532. The summed E-state index contributed by atoms with van der Waals surface area (Å²) in [5, 5.41) is 10.4. The van der Waals surface area contributed by atoms with Crippen LogP contribution in [0.1, 0.15) is 5.56 Å². The minimum Gasteiger partial charge on any atom is -0.380 e. The molecule has 1 aromatic carbocycles. The number of nitrogens with zero attached hydrogens (tertiary/aromatic N) is 1. The van der Waals surface area contributed by atoms with Gasteiger partial charge < -0.3 is 4.74 Å². The average molecular weight is 166 g/mol. The topological polar surface area (TPSA) is 52.4 Å². The molecule has 0 unspecified atom stereocenters.